The minimum absolute atomic E-state index is 0.289. The predicted molar refractivity (Wildman–Crippen MR) is 199 cm³/mol. The van der Waals surface area contributed by atoms with E-state index in [1.165, 1.54) is 25.7 Å². The molecule has 262 valence electrons. The Morgan fingerprint density at radius 1 is 0.638 bits per heavy atom. The van der Waals surface area contributed by atoms with Gasteiger partial charge in [0.2, 0.25) is 5.88 Å². The lowest BCUT2D eigenvalue weighted by Crippen LogP contribution is -2.42. The average Bonchev–Trinajstić information content (AvgIpc) is 2.92. The number of aromatic hydroxyl groups is 2. The van der Waals surface area contributed by atoms with Crippen molar-refractivity contribution < 1.29 is 19.7 Å². The summed E-state index contributed by atoms with van der Waals surface area (Å²) in [5.41, 5.74) is 5.29. The summed E-state index contributed by atoms with van der Waals surface area (Å²) >= 11 is 4.88. The third-order valence-electron chi connectivity index (χ3n) is 8.42. The standard InChI is InChI=1S/C39H61N3O4S/c1-14-15-16-17-18-19-20-42-40-34(45-25-21-27(36(2,3)4)31(43)28(22-25)37(5,6)7)33(47)35(41-42)46-26-23-29(38(8,9)10)32(44)30(24-26)39(11,12)13/h21-24,40,43-44,47H,14-20H2,1-13H3. The molecule has 0 unspecified atom stereocenters. The van der Waals surface area contributed by atoms with Gasteiger partial charge in [-0.25, -0.2) is 5.12 Å². The minimum Gasteiger partial charge on any atom is -0.507 e. The second-order valence-corrected chi connectivity index (χ2v) is 17.5. The maximum atomic E-state index is 11.3. The summed E-state index contributed by atoms with van der Waals surface area (Å²) in [5.74, 6) is 2.42. The molecule has 1 aliphatic rings. The van der Waals surface area contributed by atoms with E-state index in [9.17, 15) is 10.2 Å². The van der Waals surface area contributed by atoms with Gasteiger partial charge in [-0.2, -0.15) is 0 Å². The fourth-order valence-corrected chi connectivity index (χ4v) is 5.77. The van der Waals surface area contributed by atoms with E-state index >= 15 is 0 Å². The molecule has 0 atom stereocenters. The molecule has 0 aromatic heterocycles. The van der Waals surface area contributed by atoms with Crippen LogP contribution in [0.1, 0.15) is 151 Å². The van der Waals surface area contributed by atoms with Gasteiger partial charge in [-0.3, -0.25) is 5.43 Å². The molecule has 1 aliphatic heterocycles. The van der Waals surface area contributed by atoms with Crippen LogP contribution in [0.5, 0.6) is 23.0 Å². The van der Waals surface area contributed by atoms with Crippen molar-refractivity contribution in [3.63, 3.8) is 0 Å². The zero-order chi connectivity index (χ0) is 35.5. The quantitative estimate of drug-likeness (QED) is 0.149. The Bertz CT molecular complexity index is 1400. The first-order valence-corrected chi connectivity index (χ1v) is 17.7. The SMILES string of the molecule is CCCCCCCCN1N=C(Oc2cc(C(C)(C)C)c(O)c(C(C)(C)C)c2)C(S)=C(Oc2cc(C(C)(C)C)c(O)c(C(C)(C)C)c2)N1. The Balaban J connectivity index is 2.09. The van der Waals surface area contributed by atoms with Crippen molar-refractivity contribution in [2.75, 3.05) is 6.54 Å². The number of ether oxygens (including phenoxy) is 2. The van der Waals surface area contributed by atoms with Crippen LogP contribution < -0.4 is 14.9 Å². The van der Waals surface area contributed by atoms with Crippen LogP contribution in [0.2, 0.25) is 0 Å². The van der Waals surface area contributed by atoms with Gasteiger partial charge in [0.1, 0.15) is 27.9 Å². The third-order valence-corrected chi connectivity index (χ3v) is 8.81. The molecule has 1 heterocycles. The van der Waals surface area contributed by atoms with Gasteiger partial charge in [0.15, 0.2) is 0 Å². The number of nitrogens with zero attached hydrogens (tertiary/aromatic N) is 2. The summed E-state index contributed by atoms with van der Waals surface area (Å²) in [4.78, 5) is 0.412. The minimum atomic E-state index is -0.314. The summed E-state index contributed by atoms with van der Waals surface area (Å²) in [6, 6.07) is 7.58. The van der Waals surface area contributed by atoms with Gasteiger partial charge in [0.25, 0.3) is 5.90 Å². The summed E-state index contributed by atoms with van der Waals surface area (Å²) in [6.45, 7) is 27.8. The number of hydrazone groups is 1. The second-order valence-electron chi connectivity index (χ2n) is 17.0. The van der Waals surface area contributed by atoms with E-state index in [0.29, 0.717) is 40.5 Å². The highest BCUT2D eigenvalue weighted by Crippen LogP contribution is 2.44. The zero-order valence-electron chi connectivity index (χ0n) is 31.3. The highest BCUT2D eigenvalue weighted by molar-refractivity contribution is 7.85. The van der Waals surface area contributed by atoms with Crippen molar-refractivity contribution >= 4 is 18.5 Å². The van der Waals surface area contributed by atoms with E-state index in [1.807, 2.05) is 24.3 Å². The van der Waals surface area contributed by atoms with Crippen LogP contribution in [0, 0.1) is 0 Å². The van der Waals surface area contributed by atoms with E-state index in [1.54, 1.807) is 5.12 Å². The van der Waals surface area contributed by atoms with E-state index in [0.717, 1.165) is 35.1 Å². The molecule has 7 nitrogen and oxygen atoms in total. The molecule has 0 saturated heterocycles. The third kappa shape index (κ3) is 10.0. The molecule has 0 amide bonds. The molecule has 0 aliphatic carbocycles. The van der Waals surface area contributed by atoms with E-state index in [4.69, 9.17) is 27.2 Å². The molecule has 0 radical (unpaired) electrons. The molecule has 2 aromatic carbocycles. The van der Waals surface area contributed by atoms with Gasteiger partial charge in [0, 0.05) is 22.3 Å². The van der Waals surface area contributed by atoms with Crippen molar-refractivity contribution in [1.82, 2.24) is 10.5 Å². The van der Waals surface area contributed by atoms with Gasteiger partial charge in [-0.05, 0) is 52.3 Å². The molecule has 47 heavy (non-hydrogen) atoms. The maximum absolute atomic E-state index is 11.3. The van der Waals surface area contributed by atoms with Crippen LogP contribution in [-0.4, -0.2) is 27.8 Å². The molecule has 0 saturated carbocycles. The summed E-state index contributed by atoms with van der Waals surface area (Å²) in [5, 5.41) is 29.1. The Labute approximate surface area is 290 Å². The second kappa shape index (κ2) is 14.6. The highest BCUT2D eigenvalue weighted by atomic mass is 32.1. The molecule has 2 aromatic rings. The number of thiol groups is 1. The Hall–Kier alpha value is -3.00. The topological polar surface area (TPSA) is 86.6 Å². The van der Waals surface area contributed by atoms with Gasteiger partial charge in [-0.1, -0.05) is 122 Å². The van der Waals surface area contributed by atoms with Crippen molar-refractivity contribution in [2.24, 2.45) is 5.10 Å². The molecular formula is C39H61N3O4S. The Morgan fingerprint density at radius 2 is 1.02 bits per heavy atom. The van der Waals surface area contributed by atoms with Gasteiger partial charge < -0.3 is 19.7 Å². The molecule has 0 bridgehead atoms. The number of hydrazine groups is 1. The number of phenolic OH excluding ortho intramolecular Hbond substituents is 2. The van der Waals surface area contributed by atoms with Crippen LogP contribution in [0.4, 0.5) is 0 Å². The van der Waals surface area contributed by atoms with Crippen molar-refractivity contribution in [1.29, 1.82) is 0 Å². The lowest BCUT2D eigenvalue weighted by atomic mass is 9.79. The number of phenols is 2. The number of hydrogen-bond donors (Lipinski definition) is 4. The molecule has 0 spiro atoms. The van der Waals surface area contributed by atoms with Crippen molar-refractivity contribution in [3.05, 3.63) is 57.3 Å². The van der Waals surface area contributed by atoms with Crippen molar-refractivity contribution in [3.8, 4) is 23.0 Å². The zero-order valence-corrected chi connectivity index (χ0v) is 32.2. The van der Waals surface area contributed by atoms with Crippen LogP contribution in [0.25, 0.3) is 0 Å². The molecule has 8 heteroatoms. The highest BCUT2D eigenvalue weighted by Gasteiger charge is 2.31. The summed E-state index contributed by atoms with van der Waals surface area (Å²) in [7, 11) is 0. The Morgan fingerprint density at radius 3 is 1.43 bits per heavy atom. The van der Waals surface area contributed by atoms with E-state index in [-0.39, 0.29) is 27.4 Å². The summed E-state index contributed by atoms with van der Waals surface area (Å²) < 4.78 is 13.1. The first kappa shape index (κ1) is 38.4. The van der Waals surface area contributed by atoms with Crippen LogP contribution in [0.3, 0.4) is 0 Å². The first-order valence-electron chi connectivity index (χ1n) is 17.2. The Kier molecular flexibility index (Phi) is 12.0. The van der Waals surface area contributed by atoms with Gasteiger partial charge in [-0.15, -0.1) is 17.7 Å². The van der Waals surface area contributed by atoms with E-state index < -0.39 is 0 Å². The van der Waals surface area contributed by atoms with Crippen LogP contribution in [0.15, 0.2) is 40.2 Å². The van der Waals surface area contributed by atoms with Crippen molar-refractivity contribution in [2.45, 2.75) is 150 Å². The molecular weight excluding hydrogens is 607 g/mol. The van der Waals surface area contributed by atoms with E-state index in [2.05, 4.69) is 95.4 Å². The lowest BCUT2D eigenvalue weighted by Gasteiger charge is -2.31. The lowest BCUT2D eigenvalue weighted by molar-refractivity contribution is 0.163. The number of hydrogen-bond acceptors (Lipinski definition) is 8. The normalized spacial score (nSPS) is 14.7. The summed E-state index contributed by atoms with van der Waals surface area (Å²) in [6.07, 6.45) is 6.93. The molecule has 3 N–H and O–H groups in total. The predicted octanol–water partition coefficient (Wildman–Crippen LogP) is 10.3. The van der Waals surface area contributed by atoms with Gasteiger partial charge in [0.05, 0.1) is 6.54 Å². The monoisotopic (exact) mass is 667 g/mol. The number of rotatable bonds is 10. The molecule has 0 fully saturated rings. The maximum Gasteiger partial charge on any atom is 0.257 e. The van der Waals surface area contributed by atoms with Crippen LogP contribution >= 0.6 is 12.6 Å². The van der Waals surface area contributed by atoms with Crippen LogP contribution in [-0.2, 0) is 21.7 Å². The number of benzene rings is 2. The first-order chi connectivity index (χ1) is 21.5. The van der Waals surface area contributed by atoms with Gasteiger partial charge >= 0.3 is 0 Å². The largest absolute Gasteiger partial charge is 0.507 e. The smallest absolute Gasteiger partial charge is 0.257 e. The average molecular weight is 668 g/mol. The fourth-order valence-electron chi connectivity index (χ4n) is 5.59. The molecule has 3 rings (SSSR count). The number of unbranched alkanes of at least 4 members (excludes halogenated alkanes) is 5. The fraction of sp³-hybridized carbons (Fsp3) is 0.615. The number of nitrogens with one attached hydrogen (secondary N) is 1.